The molecule has 252 valence electrons. The van der Waals surface area contributed by atoms with Gasteiger partial charge >= 0.3 is 0 Å². The van der Waals surface area contributed by atoms with E-state index in [1.54, 1.807) is 0 Å². The van der Waals surface area contributed by atoms with Gasteiger partial charge in [0, 0.05) is 45.5 Å². The van der Waals surface area contributed by atoms with Gasteiger partial charge in [-0.15, -0.1) is 0 Å². The Hall–Kier alpha value is -4.82. The number of fused-ring (bicyclic) bond motifs is 1. The van der Waals surface area contributed by atoms with Crippen molar-refractivity contribution in [3.8, 4) is 0 Å². The van der Waals surface area contributed by atoms with Crippen LogP contribution in [0.2, 0.25) is 0 Å². The van der Waals surface area contributed by atoms with Gasteiger partial charge in [-0.3, -0.25) is 0 Å². The molecule has 0 N–H and O–H groups in total. The number of anilines is 5. The highest BCUT2D eigenvalue weighted by Crippen LogP contribution is 2.63. The van der Waals surface area contributed by atoms with Crippen LogP contribution in [0.4, 0.5) is 28.4 Å². The van der Waals surface area contributed by atoms with E-state index in [1.807, 2.05) is 0 Å². The normalized spacial score (nSPS) is 23.9. The van der Waals surface area contributed by atoms with Crippen molar-refractivity contribution < 1.29 is 0 Å². The molecule has 0 aromatic heterocycles. The topological polar surface area (TPSA) is 6.48 Å². The SMILES string of the molecule is CC1=CC(C)C(C)C(N(c2ccc(C)cc2)c2ccc(C3(c4ccc(N(c5ccc(C)cc5)c5ccc(C)cc5)cc4)CC4CC4C3)cc2)=C1. The van der Waals surface area contributed by atoms with Gasteiger partial charge in [-0.2, -0.15) is 0 Å². The molecule has 4 unspecified atom stereocenters. The predicted octanol–water partition coefficient (Wildman–Crippen LogP) is 13.1. The summed E-state index contributed by atoms with van der Waals surface area (Å²) >= 11 is 0. The lowest BCUT2D eigenvalue weighted by molar-refractivity contribution is 0.473. The molecule has 2 fully saturated rings. The van der Waals surface area contributed by atoms with Gasteiger partial charge in [0.25, 0.3) is 0 Å². The summed E-state index contributed by atoms with van der Waals surface area (Å²) in [6.07, 6.45) is 8.67. The Morgan fingerprint density at radius 2 is 0.840 bits per heavy atom. The third-order valence-electron chi connectivity index (χ3n) is 11.9. The van der Waals surface area contributed by atoms with Gasteiger partial charge < -0.3 is 9.80 Å². The third-order valence-corrected chi connectivity index (χ3v) is 11.9. The molecule has 3 aliphatic carbocycles. The molecule has 0 radical (unpaired) electrons. The van der Waals surface area contributed by atoms with E-state index >= 15 is 0 Å². The predicted molar refractivity (Wildman–Crippen MR) is 212 cm³/mol. The van der Waals surface area contributed by atoms with E-state index in [-0.39, 0.29) is 5.41 Å². The van der Waals surface area contributed by atoms with E-state index in [0.29, 0.717) is 11.8 Å². The quantitative estimate of drug-likeness (QED) is 0.164. The first-order chi connectivity index (χ1) is 24.2. The molecule has 2 heteroatoms. The zero-order valence-electron chi connectivity index (χ0n) is 30.5. The van der Waals surface area contributed by atoms with E-state index in [9.17, 15) is 0 Å². The zero-order chi connectivity index (χ0) is 34.6. The van der Waals surface area contributed by atoms with E-state index in [4.69, 9.17) is 0 Å². The Bertz CT molecular complexity index is 1970. The molecule has 2 nitrogen and oxygen atoms in total. The fraction of sp³-hybridized carbons (Fsp3) is 0.292. The molecule has 3 aliphatic rings. The highest BCUT2D eigenvalue weighted by Gasteiger charge is 2.55. The van der Waals surface area contributed by atoms with E-state index in [0.717, 1.165) is 11.8 Å². The first kappa shape index (κ1) is 32.4. The van der Waals surface area contributed by atoms with E-state index in [2.05, 4.69) is 185 Å². The first-order valence-electron chi connectivity index (χ1n) is 18.6. The Labute approximate surface area is 299 Å². The third kappa shape index (κ3) is 6.00. The van der Waals surface area contributed by atoms with Crippen molar-refractivity contribution in [3.63, 3.8) is 0 Å². The summed E-state index contributed by atoms with van der Waals surface area (Å²) in [7, 11) is 0. The van der Waals surface area contributed by atoms with Crippen LogP contribution in [0.1, 0.15) is 67.9 Å². The summed E-state index contributed by atoms with van der Waals surface area (Å²) in [5, 5.41) is 0. The van der Waals surface area contributed by atoms with Crippen LogP contribution in [0.15, 0.2) is 145 Å². The van der Waals surface area contributed by atoms with Crippen molar-refractivity contribution in [2.24, 2.45) is 23.7 Å². The molecule has 0 heterocycles. The Kier molecular flexibility index (Phi) is 8.30. The smallest absolute Gasteiger partial charge is 0.0461 e. The number of nitrogens with zero attached hydrogens (tertiary/aromatic N) is 2. The summed E-state index contributed by atoms with van der Waals surface area (Å²) in [5.74, 6) is 2.61. The van der Waals surface area contributed by atoms with Crippen LogP contribution >= 0.6 is 0 Å². The molecular weight excluding hydrogens is 605 g/mol. The van der Waals surface area contributed by atoms with Crippen LogP contribution in [0, 0.1) is 44.4 Å². The fourth-order valence-electron chi connectivity index (χ4n) is 8.77. The Morgan fingerprint density at radius 1 is 0.480 bits per heavy atom. The first-order valence-corrected chi connectivity index (χ1v) is 18.6. The van der Waals surface area contributed by atoms with Crippen molar-refractivity contribution in [1.82, 2.24) is 0 Å². The van der Waals surface area contributed by atoms with E-state index < -0.39 is 0 Å². The minimum absolute atomic E-state index is 0.0448. The molecule has 0 aliphatic heterocycles. The lowest BCUT2D eigenvalue weighted by Crippen LogP contribution is -2.28. The maximum Gasteiger partial charge on any atom is 0.0461 e. The van der Waals surface area contributed by atoms with Gasteiger partial charge in [0.2, 0.25) is 0 Å². The van der Waals surface area contributed by atoms with Crippen molar-refractivity contribution in [3.05, 3.63) is 173 Å². The number of rotatable bonds is 8. The van der Waals surface area contributed by atoms with Crippen molar-refractivity contribution in [2.45, 2.75) is 66.2 Å². The van der Waals surface area contributed by atoms with Gasteiger partial charge in [0.15, 0.2) is 0 Å². The molecule has 0 amide bonds. The van der Waals surface area contributed by atoms with Crippen LogP contribution in [0.5, 0.6) is 0 Å². The average molecular weight is 655 g/mol. The minimum atomic E-state index is 0.0448. The van der Waals surface area contributed by atoms with Gasteiger partial charge in [-0.1, -0.05) is 103 Å². The van der Waals surface area contributed by atoms with Gasteiger partial charge in [-0.05, 0) is 143 Å². The summed E-state index contributed by atoms with van der Waals surface area (Å²) in [4.78, 5) is 4.88. The highest BCUT2D eigenvalue weighted by atomic mass is 15.2. The van der Waals surface area contributed by atoms with Crippen LogP contribution in [0.3, 0.4) is 0 Å². The zero-order valence-corrected chi connectivity index (χ0v) is 30.5. The number of benzene rings is 5. The van der Waals surface area contributed by atoms with Crippen molar-refractivity contribution in [1.29, 1.82) is 0 Å². The molecule has 2 saturated carbocycles. The second-order valence-corrected chi connectivity index (χ2v) is 15.6. The number of hydrogen-bond donors (Lipinski definition) is 0. The molecular formula is C48H50N2. The molecule has 0 spiro atoms. The van der Waals surface area contributed by atoms with Crippen LogP contribution < -0.4 is 9.80 Å². The molecule has 0 saturated heterocycles. The molecule has 50 heavy (non-hydrogen) atoms. The van der Waals surface area contributed by atoms with Crippen molar-refractivity contribution >= 4 is 28.4 Å². The lowest BCUT2D eigenvalue weighted by atomic mass is 9.71. The molecule has 0 bridgehead atoms. The molecule has 4 atom stereocenters. The summed E-state index contributed by atoms with van der Waals surface area (Å²) in [5.41, 5.74) is 15.5. The monoisotopic (exact) mass is 654 g/mol. The average Bonchev–Trinajstić information content (AvgIpc) is 3.74. The lowest BCUT2D eigenvalue weighted by Gasteiger charge is -2.37. The van der Waals surface area contributed by atoms with Crippen molar-refractivity contribution in [2.75, 3.05) is 9.80 Å². The Balaban J connectivity index is 1.16. The summed E-state index contributed by atoms with van der Waals surface area (Å²) in [6, 6.07) is 46.0. The number of hydrogen-bond acceptors (Lipinski definition) is 2. The number of aryl methyl sites for hydroxylation is 3. The Morgan fingerprint density at radius 3 is 1.24 bits per heavy atom. The second-order valence-electron chi connectivity index (χ2n) is 15.6. The summed E-state index contributed by atoms with van der Waals surface area (Å²) in [6.45, 7) is 13.4. The second kappa shape index (κ2) is 12.8. The molecule has 5 aromatic rings. The number of allylic oxidation sites excluding steroid dienone is 4. The molecule has 5 aromatic carbocycles. The van der Waals surface area contributed by atoms with Crippen LogP contribution in [-0.2, 0) is 5.41 Å². The van der Waals surface area contributed by atoms with Crippen LogP contribution in [-0.4, -0.2) is 0 Å². The van der Waals surface area contributed by atoms with E-state index in [1.165, 1.54) is 86.8 Å². The van der Waals surface area contributed by atoms with Gasteiger partial charge in [-0.25, -0.2) is 0 Å². The maximum absolute atomic E-state index is 2.50. The largest absolute Gasteiger partial charge is 0.314 e. The minimum Gasteiger partial charge on any atom is -0.314 e. The maximum atomic E-state index is 2.50. The highest BCUT2D eigenvalue weighted by molar-refractivity contribution is 5.77. The van der Waals surface area contributed by atoms with Gasteiger partial charge in [0.05, 0.1) is 0 Å². The summed E-state index contributed by atoms with van der Waals surface area (Å²) < 4.78 is 0. The van der Waals surface area contributed by atoms with Gasteiger partial charge in [0.1, 0.15) is 0 Å². The fourth-order valence-corrected chi connectivity index (χ4v) is 8.77. The van der Waals surface area contributed by atoms with Crippen LogP contribution in [0.25, 0.3) is 0 Å². The molecule has 8 rings (SSSR count). The standard InChI is InChI=1S/C48H50N2/c1-32-7-17-42(18-8-32)49(43-19-9-33(2)10-20-43)44-23-13-40(14-24-44)48(30-38-29-39(38)31-48)41-15-25-46(26-16-41)50(45-21-11-34(3)12-22-45)47-28-35(4)27-36(5)37(47)6/h7-28,36-39H,29-31H2,1-6H3.